The second kappa shape index (κ2) is 10.4. The van der Waals surface area contributed by atoms with Crippen LogP contribution < -0.4 is 4.74 Å². The number of hydrogen-bond acceptors (Lipinski definition) is 3. The van der Waals surface area contributed by atoms with E-state index in [1.165, 1.54) is 30.0 Å². The van der Waals surface area contributed by atoms with Crippen molar-refractivity contribution < 1.29 is 14.6 Å². The molecule has 0 saturated carbocycles. The smallest absolute Gasteiger partial charge is 0.127 e. The molecule has 1 N–H and O–H groups in total. The third-order valence-corrected chi connectivity index (χ3v) is 5.34. The molecular weight excluding hydrogens is 348 g/mol. The van der Waals surface area contributed by atoms with Crippen molar-refractivity contribution in [3.05, 3.63) is 54.6 Å². The zero-order valence-electron chi connectivity index (χ0n) is 17.1. The highest BCUT2D eigenvalue weighted by Crippen LogP contribution is 2.30. The van der Waals surface area contributed by atoms with Crippen LogP contribution in [-0.2, 0) is 4.74 Å². The van der Waals surface area contributed by atoms with Gasteiger partial charge in [0.2, 0.25) is 0 Å². The minimum atomic E-state index is -0.626. The summed E-state index contributed by atoms with van der Waals surface area (Å²) in [5, 5.41) is 14.9. The van der Waals surface area contributed by atoms with E-state index in [-0.39, 0.29) is 6.61 Å². The lowest BCUT2D eigenvalue weighted by Gasteiger charge is -2.17. The summed E-state index contributed by atoms with van der Waals surface area (Å²) in [6.45, 7) is 5.68. The molecule has 3 aromatic rings. The molecule has 3 aromatic carbocycles. The summed E-state index contributed by atoms with van der Waals surface area (Å²) < 4.78 is 11.7. The number of benzene rings is 3. The molecule has 0 bridgehead atoms. The third kappa shape index (κ3) is 5.46. The molecule has 0 aliphatic carbocycles. The van der Waals surface area contributed by atoms with Gasteiger partial charge in [0.1, 0.15) is 18.5 Å². The Kier molecular flexibility index (Phi) is 7.70. The highest BCUT2D eigenvalue weighted by molar-refractivity contribution is 6.00. The largest absolute Gasteiger partial charge is 0.490 e. The molecule has 0 heterocycles. The summed E-state index contributed by atoms with van der Waals surface area (Å²) >= 11 is 0. The predicted molar refractivity (Wildman–Crippen MR) is 117 cm³/mol. The number of aliphatic hydroxyl groups excluding tert-OH is 1. The van der Waals surface area contributed by atoms with Gasteiger partial charge in [0.25, 0.3) is 0 Å². The van der Waals surface area contributed by atoms with Crippen LogP contribution in [0.2, 0.25) is 0 Å². The molecule has 0 saturated heterocycles. The van der Waals surface area contributed by atoms with Crippen molar-refractivity contribution >= 4 is 21.5 Å². The van der Waals surface area contributed by atoms with E-state index < -0.39 is 6.10 Å². The Balaban J connectivity index is 1.56. The lowest BCUT2D eigenvalue weighted by molar-refractivity contribution is -0.000847. The van der Waals surface area contributed by atoms with E-state index in [4.69, 9.17) is 9.47 Å². The van der Waals surface area contributed by atoms with Crippen LogP contribution in [0.3, 0.4) is 0 Å². The van der Waals surface area contributed by atoms with Crippen LogP contribution in [0, 0.1) is 5.92 Å². The van der Waals surface area contributed by atoms with Crippen molar-refractivity contribution in [2.24, 2.45) is 5.92 Å². The van der Waals surface area contributed by atoms with Crippen LogP contribution >= 0.6 is 0 Å². The first-order valence-electron chi connectivity index (χ1n) is 10.5. The summed E-state index contributed by atoms with van der Waals surface area (Å²) in [4.78, 5) is 0. The molecule has 0 amide bonds. The lowest BCUT2D eigenvalue weighted by atomic mass is 10.0. The molecule has 0 fully saturated rings. The first-order valence-corrected chi connectivity index (χ1v) is 10.5. The molecule has 28 heavy (non-hydrogen) atoms. The molecule has 3 rings (SSSR count). The van der Waals surface area contributed by atoms with E-state index in [1.54, 1.807) is 0 Å². The fraction of sp³-hybridized carbons (Fsp3) is 0.440. The minimum Gasteiger partial charge on any atom is -0.490 e. The zero-order chi connectivity index (χ0) is 19.8. The molecule has 0 aliphatic heterocycles. The van der Waals surface area contributed by atoms with Gasteiger partial charge in [0.05, 0.1) is 6.61 Å². The Hall–Kier alpha value is -2.10. The van der Waals surface area contributed by atoms with Crippen molar-refractivity contribution in [3.8, 4) is 5.75 Å². The first-order chi connectivity index (χ1) is 13.7. The van der Waals surface area contributed by atoms with Crippen molar-refractivity contribution in [1.82, 2.24) is 0 Å². The Labute approximate surface area is 168 Å². The maximum Gasteiger partial charge on any atom is 0.127 e. The van der Waals surface area contributed by atoms with Crippen LogP contribution in [0.1, 0.15) is 39.5 Å². The van der Waals surface area contributed by atoms with Crippen molar-refractivity contribution in [2.75, 3.05) is 19.8 Å². The average Bonchev–Trinajstić information content (AvgIpc) is 2.73. The van der Waals surface area contributed by atoms with Crippen LogP contribution in [0.15, 0.2) is 54.6 Å². The Morgan fingerprint density at radius 1 is 0.857 bits per heavy atom. The van der Waals surface area contributed by atoms with E-state index in [2.05, 4.69) is 50.2 Å². The number of fused-ring (bicyclic) bond motifs is 2. The molecule has 2 atom stereocenters. The van der Waals surface area contributed by atoms with Crippen molar-refractivity contribution in [2.45, 2.75) is 45.6 Å². The molecular formula is C25H32O3. The number of rotatable bonds is 11. The summed E-state index contributed by atoms with van der Waals surface area (Å²) in [5.41, 5.74) is 0. The number of hydrogen-bond donors (Lipinski definition) is 1. The van der Waals surface area contributed by atoms with Crippen molar-refractivity contribution in [1.29, 1.82) is 0 Å². The molecule has 150 valence electrons. The predicted octanol–water partition coefficient (Wildman–Crippen LogP) is 5.97. The number of ether oxygens (including phenoxy) is 2. The van der Waals surface area contributed by atoms with Crippen LogP contribution in [0.5, 0.6) is 5.75 Å². The van der Waals surface area contributed by atoms with E-state index in [9.17, 15) is 5.11 Å². The zero-order valence-corrected chi connectivity index (χ0v) is 17.1. The maximum atomic E-state index is 10.3. The van der Waals surface area contributed by atoms with E-state index >= 15 is 0 Å². The van der Waals surface area contributed by atoms with E-state index in [0.717, 1.165) is 22.9 Å². The van der Waals surface area contributed by atoms with Gasteiger partial charge in [-0.15, -0.1) is 0 Å². The molecule has 3 heteroatoms. The Bertz CT molecular complexity index is 874. The highest BCUT2D eigenvalue weighted by atomic mass is 16.5. The molecule has 0 aliphatic rings. The highest BCUT2D eigenvalue weighted by Gasteiger charge is 2.11. The van der Waals surface area contributed by atoms with E-state index in [0.29, 0.717) is 19.1 Å². The van der Waals surface area contributed by atoms with Crippen LogP contribution in [-0.4, -0.2) is 31.0 Å². The fourth-order valence-electron chi connectivity index (χ4n) is 3.57. The lowest BCUT2D eigenvalue weighted by Crippen LogP contribution is -2.25. The maximum absolute atomic E-state index is 10.3. The average molecular weight is 381 g/mol. The van der Waals surface area contributed by atoms with Gasteiger partial charge >= 0.3 is 0 Å². The van der Waals surface area contributed by atoms with E-state index in [1.807, 2.05) is 18.2 Å². The number of unbranched alkanes of at least 4 members (excludes halogenated alkanes) is 1. The van der Waals surface area contributed by atoms with Gasteiger partial charge in [-0.3, -0.25) is 0 Å². The van der Waals surface area contributed by atoms with Crippen LogP contribution in [0.4, 0.5) is 0 Å². The molecule has 0 aromatic heterocycles. The summed E-state index contributed by atoms with van der Waals surface area (Å²) in [6.07, 6.45) is 4.15. The quantitative estimate of drug-likeness (QED) is 0.417. The molecule has 3 nitrogen and oxygen atoms in total. The van der Waals surface area contributed by atoms with Gasteiger partial charge in [-0.2, -0.15) is 0 Å². The second-order valence-corrected chi connectivity index (χ2v) is 7.60. The normalized spacial score (nSPS) is 13.7. The monoisotopic (exact) mass is 380 g/mol. The standard InChI is InChI=1S/C25H32O3/c1-3-5-9-19(4-2)16-27-17-23(26)18-28-25-13-8-12-22-14-20-10-6-7-11-21(20)15-24(22)25/h6-8,10-15,19,23,26H,3-5,9,16-18H2,1-2H3. The Morgan fingerprint density at radius 3 is 2.36 bits per heavy atom. The van der Waals surface area contributed by atoms with Gasteiger partial charge in [0.15, 0.2) is 0 Å². The molecule has 0 spiro atoms. The second-order valence-electron chi connectivity index (χ2n) is 7.60. The minimum absolute atomic E-state index is 0.234. The van der Waals surface area contributed by atoms with Gasteiger partial charge < -0.3 is 14.6 Å². The summed E-state index contributed by atoms with van der Waals surface area (Å²) in [5.74, 6) is 1.39. The molecule has 2 unspecified atom stereocenters. The van der Waals surface area contributed by atoms with Gasteiger partial charge in [-0.25, -0.2) is 0 Å². The van der Waals surface area contributed by atoms with Gasteiger partial charge in [-0.1, -0.05) is 69.5 Å². The SMILES string of the molecule is CCCCC(CC)COCC(O)COc1cccc2cc3ccccc3cc12. The molecule has 0 radical (unpaired) electrons. The summed E-state index contributed by atoms with van der Waals surface area (Å²) in [7, 11) is 0. The number of aliphatic hydroxyl groups is 1. The Morgan fingerprint density at radius 2 is 1.61 bits per heavy atom. The summed E-state index contributed by atoms with van der Waals surface area (Å²) in [6, 6.07) is 18.7. The fourth-order valence-corrected chi connectivity index (χ4v) is 3.57. The topological polar surface area (TPSA) is 38.7 Å². The van der Waals surface area contributed by atoms with Crippen LogP contribution in [0.25, 0.3) is 21.5 Å². The first kappa shape index (κ1) is 20.6. The van der Waals surface area contributed by atoms with Crippen molar-refractivity contribution in [3.63, 3.8) is 0 Å². The third-order valence-electron chi connectivity index (χ3n) is 5.34. The van der Waals surface area contributed by atoms with Gasteiger partial charge in [-0.05, 0) is 46.7 Å². The van der Waals surface area contributed by atoms with Gasteiger partial charge in [0, 0.05) is 12.0 Å².